The van der Waals surface area contributed by atoms with E-state index in [1.165, 1.54) is 0 Å². The van der Waals surface area contributed by atoms with Gasteiger partial charge in [-0.1, -0.05) is 6.07 Å². The normalized spacial score (nSPS) is 12.6. The van der Waals surface area contributed by atoms with Crippen LogP contribution in [0.15, 0.2) is 61.3 Å². The first kappa shape index (κ1) is 18.9. The average Bonchev–Trinajstić information content (AvgIpc) is 3.40. The fourth-order valence-electron chi connectivity index (χ4n) is 3.61. The molecule has 0 radical (unpaired) electrons. The summed E-state index contributed by atoms with van der Waals surface area (Å²) < 4.78 is 1.71. The van der Waals surface area contributed by atoms with Crippen LogP contribution in [-0.4, -0.2) is 42.2 Å². The zero-order chi connectivity index (χ0) is 21.2. The van der Waals surface area contributed by atoms with Crippen LogP contribution in [0.1, 0.15) is 11.1 Å². The molecule has 1 N–H and O–H groups in total. The Morgan fingerprint density at radius 2 is 2.06 bits per heavy atom. The highest BCUT2D eigenvalue weighted by molar-refractivity contribution is 5.95. The number of fused-ring (bicyclic) bond motifs is 1. The Labute approximate surface area is 178 Å². The Bertz CT molecular complexity index is 1240. The van der Waals surface area contributed by atoms with Crippen LogP contribution in [0.4, 0.5) is 17.6 Å². The molecule has 31 heavy (non-hydrogen) atoms. The van der Waals surface area contributed by atoms with E-state index in [9.17, 15) is 4.79 Å². The van der Waals surface area contributed by atoms with Gasteiger partial charge in [0.15, 0.2) is 0 Å². The van der Waals surface area contributed by atoms with Crippen molar-refractivity contribution in [1.29, 1.82) is 0 Å². The summed E-state index contributed by atoms with van der Waals surface area (Å²) in [6.07, 6.45) is 9.66. The molecule has 0 atom stereocenters. The van der Waals surface area contributed by atoms with E-state index in [2.05, 4.69) is 36.4 Å². The summed E-state index contributed by atoms with van der Waals surface area (Å²) in [6, 6.07) is 9.49. The first-order valence-electron chi connectivity index (χ1n) is 9.94. The van der Waals surface area contributed by atoms with Crippen molar-refractivity contribution in [3.63, 3.8) is 0 Å². The number of carbonyl (C=O) groups is 1. The van der Waals surface area contributed by atoms with E-state index in [0.717, 1.165) is 40.4 Å². The van der Waals surface area contributed by atoms with Gasteiger partial charge < -0.3 is 5.32 Å². The molecular weight excluding hydrogens is 392 g/mol. The molecule has 1 amide bonds. The van der Waals surface area contributed by atoms with Gasteiger partial charge in [0, 0.05) is 50.0 Å². The molecule has 0 saturated heterocycles. The van der Waals surface area contributed by atoms with Gasteiger partial charge >= 0.3 is 0 Å². The van der Waals surface area contributed by atoms with E-state index in [1.54, 1.807) is 40.6 Å². The molecule has 5 heterocycles. The third-order valence-electron chi connectivity index (χ3n) is 5.19. The van der Waals surface area contributed by atoms with Gasteiger partial charge in [-0.25, -0.2) is 15.0 Å². The number of aromatic nitrogens is 6. The van der Waals surface area contributed by atoms with E-state index in [-0.39, 0.29) is 5.91 Å². The summed E-state index contributed by atoms with van der Waals surface area (Å²) in [5, 5.41) is 7.29. The second-order valence-corrected chi connectivity index (χ2v) is 7.27. The Balaban J connectivity index is 1.36. The van der Waals surface area contributed by atoms with E-state index >= 15 is 0 Å². The van der Waals surface area contributed by atoms with Crippen LogP contribution in [-0.2, 0) is 24.7 Å². The number of nitrogens with zero attached hydrogens (tertiary/aromatic N) is 7. The quantitative estimate of drug-likeness (QED) is 0.537. The van der Waals surface area contributed by atoms with Gasteiger partial charge in [-0.15, -0.1) is 0 Å². The standard InChI is InChI=1S/C22H20N8O/c1-29-19(5-9-26-29)28-22-24-8-4-18(27-22)17-12-16-6-10-30(21(16)25-14-17)20(31)11-15-3-2-7-23-13-15/h2-5,7-9,12-14H,6,10-11H2,1H3,(H,24,27,28). The lowest BCUT2D eigenvalue weighted by Gasteiger charge is -2.16. The largest absolute Gasteiger partial charge is 0.309 e. The van der Waals surface area contributed by atoms with Crippen LogP contribution >= 0.6 is 0 Å². The number of aryl methyl sites for hydroxylation is 1. The maximum atomic E-state index is 12.8. The van der Waals surface area contributed by atoms with Gasteiger partial charge in [0.2, 0.25) is 11.9 Å². The van der Waals surface area contributed by atoms with Crippen LogP contribution in [0.5, 0.6) is 0 Å². The van der Waals surface area contributed by atoms with Crippen LogP contribution < -0.4 is 10.2 Å². The lowest BCUT2D eigenvalue weighted by Crippen LogP contribution is -2.30. The molecule has 0 spiro atoms. The molecule has 4 aromatic rings. The van der Waals surface area contributed by atoms with Gasteiger partial charge in [-0.2, -0.15) is 5.10 Å². The fourth-order valence-corrected chi connectivity index (χ4v) is 3.61. The second kappa shape index (κ2) is 7.94. The highest BCUT2D eigenvalue weighted by Gasteiger charge is 2.26. The van der Waals surface area contributed by atoms with Crippen molar-refractivity contribution < 1.29 is 4.79 Å². The summed E-state index contributed by atoms with van der Waals surface area (Å²) in [7, 11) is 1.85. The van der Waals surface area contributed by atoms with Crippen LogP contribution in [0.25, 0.3) is 11.3 Å². The van der Waals surface area contributed by atoms with E-state index in [4.69, 9.17) is 0 Å². The molecule has 154 valence electrons. The highest BCUT2D eigenvalue weighted by atomic mass is 16.2. The number of anilines is 3. The Morgan fingerprint density at radius 3 is 2.87 bits per heavy atom. The number of nitrogens with one attached hydrogen (secondary N) is 1. The monoisotopic (exact) mass is 412 g/mol. The summed E-state index contributed by atoms with van der Waals surface area (Å²) in [6.45, 7) is 0.627. The van der Waals surface area contributed by atoms with Crippen LogP contribution in [0, 0.1) is 0 Å². The lowest BCUT2D eigenvalue weighted by molar-refractivity contribution is -0.117. The first-order valence-corrected chi connectivity index (χ1v) is 9.94. The molecule has 4 aromatic heterocycles. The fraction of sp³-hybridized carbons (Fsp3) is 0.182. The van der Waals surface area contributed by atoms with Crippen molar-refractivity contribution in [2.75, 3.05) is 16.8 Å². The number of rotatable bonds is 5. The minimum atomic E-state index is 0.0247. The number of pyridine rings is 2. The van der Waals surface area contributed by atoms with Gasteiger partial charge in [0.1, 0.15) is 11.6 Å². The molecule has 0 bridgehead atoms. The number of hydrogen-bond donors (Lipinski definition) is 1. The van der Waals surface area contributed by atoms with Gasteiger partial charge in [0.05, 0.1) is 18.3 Å². The predicted octanol–water partition coefficient (Wildman–Crippen LogP) is 2.54. The van der Waals surface area contributed by atoms with E-state index in [1.807, 2.05) is 31.3 Å². The summed E-state index contributed by atoms with van der Waals surface area (Å²) in [5.74, 6) is 2.03. The summed E-state index contributed by atoms with van der Waals surface area (Å²) in [5.41, 5.74) is 3.58. The molecule has 0 unspecified atom stereocenters. The van der Waals surface area contributed by atoms with Gasteiger partial charge in [-0.3, -0.25) is 19.4 Å². The predicted molar refractivity (Wildman–Crippen MR) is 116 cm³/mol. The molecule has 0 saturated carbocycles. The molecule has 0 aliphatic carbocycles. The molecule has 0 aromatic carbocycles. The Kier molecular flexibility index (Phi) is 4.83. The molecule has 9 nitrogen and oxygen atoms in total. The minimum Gasteiger partial charge on any atom is -0.309 e. The molecule has 9 heteroatoms. The Hall–Kier alpha value is -4.14. The third-order valence-corrected chi connectivity index (χ3v) is 5.19. The van der Waals surface area contributed by atoms with Gasteiger partial charge in [0.25, 0.3) is 0 Å². The zero-order valence-corrected chi connectivity index (χ0v) is 16.9. The summed E-state index contributed by atoms with van der Waals surface area (Å²) >= 11 is 0. The minimum absolute atomic E-state index is 0.0247. The topological polar surface area (TPSA) is 102 Å². The van der Waals surface area contributed by atoms with Crippen molar-refractivity contribution in [3.05, 3.63) is 72.4 Å². The molecule has 0 fully saturated rings. The third kappa shape index (κ3) is 3.85. The van der Waals surface area contributed by atoms with E-state index < -0.39 is 0 Å². The molecule has 1 aliphatic heterocycles. The Morgan fingerprint density at radius 1 is 1.13 bits per heavy atom. The first-order chi connectivity index (χ1) is 15.2. The van der Waals surface area contributed by atoms with Gasteiger partial charge in [-0.05, 0) is 35.7 Å². The second-order valence-electron chi connectivity index (χ2n) is 7.27. The number of carbonyl (C=O) groups excluding carboxylic acids is 1. The highest BCUT2D eigenvalue weighted by Crippen LogP contribution is 2.30. The van der Waals surface area contributed by atoms with Crippen molar-refractivity contribution in [1.82, 2.24) is 29.7 Å². The number of amides is 1. The maximum Gasteiger partial charge on any atom is 0.232 e. The SMILES string of the molecule is Cn1nccc1Nc1nccc(-c2cnc3c(c2)CCN3C(=O)Cc2cccnc2)n1. The smallest absolute Gasteiger partial charge is 0.232 e. The van der Waals surface area contributed by atoms with Crippen LogP contribution in [0.3, 0.4) is 0 Å². The van der Waals surface area contributed by atoms with Crippen LogP contribution in [0.2, 0.25) is 0 Å². The molecular formula is C22H20N8O. The summed E-state index contributed by atoms with van der Waals surface area (Å²) in [4.78, 5) is 32.1. The van der Waals surface area contributed by atoms with Crippen molar-refractivity contribution in [2.45, 2.75) is 12.8 Å². The lowest BCUT2D eigenvalue weighted by atomic mass is 10.1. The van der Waals surface area contributed by atoms with E-state index in [0.29, 0.717) is 18.9 Å². The van der Waals surface area contributed by atoms with Crippen molar-refractivity contribution in [2.24, 2.45) is 7.05 Å². The molecule has 1 aliphatic rings. The molecule has 5 rings (SSSR count). The maximum absolute atomic E-state index is 12.8. The zero-order valence-electron chi connectivity index (χ0n) is 16.9. The number of hydrogen-bond acceptors (Lipinski definition) is 7. The van der Waals surface area contributed by atoms with Crippen molar-refractivity contribution in [3.8, 4) is 11.3 Å². The average molecular weight is 412 g/mol. The van der Waals surface area contributed by atoms with Crippen molar-refractivity contribution >= 4 is 23.5 Å².